The first-order valence-electron chi connectivity index (χ1n) is 7.16. The standard InChI is InChI=1S/C15H21ClN2O3Si/c1-10-8-18(9-21-5-6-22(2,3)4)14-11(16)7-12(15(19)20)17-13(10)14/h7-8H,5-6,9H2,1-4H3,(H,19,20). The van der Waals surface area contributed by atoms with E-state index in [4.69, 9.17) is 21.4 Å². The molecule has 120 valence electrons. The van der Waals surface area contributed by atoms with Gasteiger partial charge in [-0.05, 0) is 24.6 Å². The van der Waals surface area contributed by atoms with Gasteiger partial charge in [-0.1, -0.05) is 31.2 Å². The minimum absolute atomic E-state index is 0.0435. The van der Waals surface area contributed by atoms with Crippen LogP contribution in [0.1, 0.15) is 16.1 Å². The topological polar surface area (TPSA) is 64.3 Å². The fourth-order valence-electron chi connectivity index (χ4n) is 2.17. The fraction of sp³-hybridized carbons (Fsp3) is 0.467. The van der Waals surface area contributed by atoms with E-state index in [9.17, 15) is 4.79 Å². The van der Waals surface area contributed by atoms with Crippen molar-refractivity contribution in [2.45, 2.75) is 39.3 Å². The third kappa shape index (κ3) is 3.88. The second-order valence-electron chi connectivity index (χ2n) is 6.62. The summed E-state index contributed by atoms with van der Waals surface area (Å²) in [5.74, 6) is -1.08. The van der Waals surface area contributed by atoms with Crippen LogP contribution in [0, 0.1) is 6.92 Å². The summed E-state index contributed by atoms with van der Waals surface area (Å²) in [6.45, 7) is 9.91. The van der Waals surface area contributed by atoms with Gasteiger partial charge in [0.1, 0.15) is 6.73 Å². The summed E-state index contributed by atoms with van der Waals surface area (Å²) in [4.78, 5) is 15.2. The number of aryl methyl sites for hydroxylation is 1. The van der Waals surface area contributed by atoms with Crippen LogP contribution in [0.2, 0.25) is 30.7 Å². The number of aromatic nitrogens is 2. The molecule has 0 amide bonds. The number of hydrogen-bond acceptors (Lipinski definition) is 3. The normalized spacial score (nSPS) is 12.0. The van der Waals surface area contributed by atoms with E-state index < -0.39 is 14.0 Å². The summed E-state index contributed by atoms with van der Waals surface area (Å²) < 4.78 is 7.63. The van der Waals surface area contributed by atoms with Gasteiger partial charge in [-0.15, -0.1) is 0 Å². The fourth-order valence-corrected chi connectivity index (χ4v) is 3.23. The zero-order valence-corrected chi connectivity index (χ0v) is 15.1. The Labute approximate surface area is 135 Å². The van der Waals surface area contributed by atoms with Gasteiger partial charge in [0.2, 0.25) is 0 Å². The molecule has 2 rings (SSSR count). The summed E-state index contributed by atoms with van der Waals surface area (Å²) in [6.07, 6.45) is 1.89. The van der Waals surface area contributed by atoms with Crippen LogP contribution in [-0.2, 0) is 11.5 Å². The van der Waals surface area contributed by atoms with Gasteiger partial charge in [0.15, 0.2) is 5.69 Å². The molecule has 0 aliphatic heterocycles. The van der Waals surface area contributed by atoms with Crippen LogP contribution in [0.15, 0.2) is 12.3 Å². The summed E-state index contributed by atoms with van der Waals surface area (Å²) >= 11 is 6.24. The minimum atomic E-state index is -1.11. The quantitative estimate of drug-likeness (QED) is 0.637. The first-order valence-corrected chi connectivity index (χ1v) is 11.2. The number of fused-ring (bicyclic) bond motifs is 1. The molecule has 22 heavy (non-hydrogen) atoms. The maximum atomic E-state index is 11.1. The van der Waals surface area contributed by atoms with Crippen LogP contribution in [0.3, 0.4) is 0 Å². The average Bonchev–Trinajstić information content (AvgIpc) is 2.71. The molecule has 2 heterocycles. The highest BCUT2D eigenvalue weighted by Crippen LogP contribution is 2.27. The molecule has 1 N–H and O–H groups in total. The van der Waals surface area contributed by atoms with Gasteiger partial charge in [-0.25, -0.2) is 9.78 Å². The highest BCUT2D eigenvalue weighted by atomic mass is 35.5. The molecule has 7 heteroatoms. The largest absolute Gasteiger partial charge is 0.477 e. The van der Waals surface area contributed by atoms with Gasteiger partial charge >= 0.3 is 5.97 Å². The highest BCUT2D eigenvalue weighted by molar-refractivity contribution is 6.76. The number of hydrogen-bond donors (Lipinski definition) is 1. The van der Waals surface area contributed by atoms with E-state index in [1.54, 1.807) is 0 Å². The van der Waals surface area contributed by atoms with Crippen LogP contribution in [-0.4, -0.2) is 35.3 Å². The Morgan fingerprint density at radius 1 is 1.45 bits per heavy atom. The zero-order chi connectivity index (χ0) is 16.5. The van der Waals surface area contributed by atoms with Crippen molar-refractivity contribution >= 4 is 36.7 Å². The summed E-state index contributed by atoms with van der Waals surface area (Å²) in [5, 5.41) is 9.45. The van der Waals surface area contributed by atoms with E-state index in [-0.39, 0.29) is 5.69 Å². The number of aromatic carboxylic acids is 1. The van der Waals surface area contributed by atoms with Crippen molar-refractivity contribution in [2.24, 2.45) is 0 Å². The number of pyridine rings is 1. The second kappa shape index (κ2) is 6.40. The Balaban J connectivity index is 2.23. The first-order chi connectivity index (χ1) is 10.2. The molecule has 0 bridgehead atoms. The van der Waals surface area contributed by atoms with Gasteiger partial charge in [-0.2, -0.15) is 0 Å². The Morgan fingerprint density at radius 2 is 2.14 bits per heavy atom. The molecule has 0 saturated carbocycles. The number of nitrogens with zero attached hydrogens (tertiary/aromatic N) is 2. The van der Waals surface area contributed by atoms with E-state index in [0.717, 1.165) is 17.1 Å². The van der Waals surface area contributed by atoms with Crippen LogP contribution >= 0.6 is 11.6 Å². The lowest BCUT2D eigenvalue weighted by molar-refractivity contribution is 0.0691. The van der Waals surface area contributed by atoms with Crippen molar-refractivity contribution in [1.82, 2.24) is 9.55 Å². The third-order valence-corrected chi connectivity index (χ3v) is 5.39. The number of halogens is 1. The molecule has 0 aliphatic rings. The average molecular weight is 341 g/mol. The molecule has 0 atom stereocenters. The van der Waals surface area contributed by atoms with Gasteiger partial charge in [0, 0.05) is 20.9 Å². The smallest absolute Gasteiger partial charge is 0.354 e. The van der Waals surface area contributed by atoms with Crippen LogP contribution < -0.4 is 0 Å². The lowest BCUT2D eigenvalue weighted by Crippen LogP contribution is -2.22. The molecule has 0 spiro atoms. The summed E-state index contributed by atoms with van der Waals surface area (Å²) in [6, 6.07) is 2.48. The predicted molar refractivity (Wildman–Crippen MR) is 90.5 cm³/mol. The summed E-state index contributed by atoms with van der Waals surface area (Å²) in [7, 11) is -1.11. The Hall–Kier alpha value is -1.37. The van der Waals surface area contributed by atoms with Crippen molar-refractivity contribution in [3.63, 3.8) is 0 Å². The molecule has 0 saturated heterocycles. The number of ether oxygens (including phenoxy) is 1. The molecule has 2 aromatic heterocycles. The number of carboxylic acids is 1. The molecular formula is C15H21ClN2O3Si. The zero-order valence-electron chi connectivity index (χ0n) is 13.3. The molecule has 0 aromatic carbocycles. The predicted octanol–water partition coefficient (Wildman–Crippen LogP) is 4.01. The number of carbonyl (C=O) groups is 1. The van der Waals surface area contributed by atoms with Crippen LogP contribution in [0.4, 0.5) is 0 Å². The summed E-state index contributed by atoms with van der Waals surface area (Å²) in [5.41, 5.74) is 2.17. The first kappa shape index (κ1) is 17.0. The van der Waals surface area contributed by atoms with Crippen molar-refractivity contribution in [3.8, 4) is 0 Å². The number of carboxylic acid groups (broad SMARTS) is 1. The van der Waals surface area contributed by atoms with Gasteiger partial charge in [0.25, 0.3) is 0 Å². The second-order valence-corrected chi connectivity index (χ2v) is 12.7. The van der Waals surface area contributed by atoms with E-state index in [1.807, 2.05) is 17.7 Å². The van der Waals surface area contributed by atoms with E-state index in [2.05, 4.69) is 24.6 Å². The molecule has 0 fully saturated rings. The Kier molecular flexibility index (Phi) is 4.94. The van der Waals surface area contributed by atoms with Crippen molar-refractivity contribution in [1.29, 1.82) is 0 Å². The van der Waals surface area contributed by atoms with Crippen LogP contribution in [0.5, 0.6) is 0 Å². The van der Waals surface area contributed by atoms with Gasteiger partial charge < -0.3 is 14.4 Å². The van der Waals surface area contributed by atoms with E-state index in [0.29, 0.717) is 23.9 Å². The molecule has 5 nitrogen and oxygen atoms in total. The SMILES string of the molecule is Cc1cn(COCC[Si](C)(C)C)c2c(Cl)cc(C(=O)O)nc12. The molecular weight excluding hydrogens is 320 g/mol. The Bertz CT molecular complexity index is 707. The maximum absolute atomic E-state index is 11.1. The third-order valence-electron chi connectivity index (χ3n) is 3.40. The highest BCUT2D eigenvalue weighted by Gasteiger charge is 2.16. The van der Waals surface area contributed by atoms with Crippen LogP contribution in [0.25, 0.3) is 11.0 Å². The minimum Gasteiger partial charge on any atom is -0.477 e. The lowest BCUT2D eigenvalue weighted by atomic mass is 10.2. The van der Waals surface area contributed by atoms with Gasteiger partial charge in [-0.3, -0.25) is 0 Å². The van der Waals surface area contributed by atoms with E-state index in [1.165, 1.54) is 6.07 Å². The Morgan fingerprint density at radius 3 is 2.73 bits per heavy atom. The lowest BCUT2D eigenvalue weighted by Gasteiger charge is -2.16. The number of rotatable bonds is 6. The molecule has 0 radical (unpaired) electrons. The van der Waals surface area contributed by atoms with E-state index >= 15 is 0 Å². The van der Waals surface area contributed by atoms with Gasteiger partial charge in [0.05, 0.1) is 16.1 Å². The van der Waals surface area contributed by atoms with Crippen molar-refractivity contribution in [2.75, 3.05) is 6.61 Å². The molecule has 0 unspecified atom stereocenters. The van der Waals surface area contributed by atoms with Crippen molar-refractivity contribution < 1.29 is 14.6 Å². The van der Waals surface area contributed by atoms with Crippen molar-refractivity contribution in [3.05, 3.63) is 28.5 Å². The molecule has 0 aliphatic carbocycles. The monoisotopic (exact) mass is 340 g/mol. The molecule has 2 aromatic rings. The maximum Gasteiger partial charge on any atom is 0.354 e.